The highest BCUT2D eigenvalue weighted by Crippen LogP contribution is 2.24. The number of phenolic OH excluding ortho intramolecular Hbond substituents is 1. The molecule has 0 fully saturated rings. The minimum atomic E-state index is -0.209. The number of phenols is 1. The summed E-state index contributed by atoms with van der Waals surface area (Å²) in [4.78, 5) is 0. The summed E-state index contributed by atoms with van der Waals surface area (Å²) in [7, 11) is 0. The summed E-state index contributed by atoms with van der Waals surface area (Å²) in [5, 5.41) is 36.0. The molecule has 0 aliphatic rings. The first kappa shape index (κ1) is 14.3. The Hall–Kier alpha value is -1.60. The third-order valence-electron chi connectivity index (χ3n) is 3.44. The number of para-hydroxylation sites is 1. The number of fused-ring (bicyclic) bond motifs is 2. The van der Waals surface area contributed by atoms with Crippen LogP contribution in [0.5, 0.6) is 5.75 Å². The highest BCUT2D eigenvalue weighted by Gasteiger charge is 2.25. The molecule has 0 saturated heterocycles. The minimum absolute atomic E-state index is 0.0212. The SMILES string of the molecule is [O-][n+]1c2cc(CBr)c(CBr)cc2[n+]([O-])c2c(O)cccc21. The molecule has 1 N–H and O–H groups in total. The van der Waals surface area contributed by atoms with Gasteiger partial charge in [0.1, 0.15) is 0 Å². The van der Waals surface area contributed by atoms with Crippen LogP contribution in [-0.2, 0) is 10.7 Å². The van der Waals surface area contributed by atoms with Crippen molar-refractivity contribution in [3.8, 4) is 5.75 Å². The Kier molecular flexibility index (Phi) is 3.62. The zero-order valence-corrected chi connectivity index (χ0v) is 13.9. The van der Waals surface area contributed by atoms with Crippen molar-refractivity contribution in [1.82, 2.24) is 0 Å². The standard InChI is InChI=1S/C14H10Br2N2O3/c15-6-8-4-11-12(5-9(8)7-16)18(21)14-10(17(11)20)2-1-3-13(14)19/h1-5,19H,6-7H2. The average Bonchev–Trinajstić information content (AvgIpc) is 2.51. The van der Waals surface area contributed by atoms with E-state index in [0.717, 1.165) is 11.1 Å². The average molecular weight is 414 g/mol. The van der Waals surface area contributed by atoms with Gasteiger partial charge in [0.2, 0.25) is 0 Å². The molecule has 3 aromatic rings. The second-order valence-corrected chi connectivity index (χ2v) is 5.73. The molecule has 2 aromatic carbocycles. The van der Waals surface area contributed by atoms with Gasteiger partial charge in [-0.1, -0.05) is 37.9 Å². The number of rotatable bonds is 2. The molecule has 0 unspecified atom stereocenters. The van der Waals surface area contributed by atoms with Gasteiger partial charge in [-0.05, 0) is 17.2 Å². The second kappa shape index (κ2) is 5.31. The van der Waals surface area contributed by atoms with Crippen LogP contribution in [0.4, 0.5) is 0 Å². The number of benzene rings is 2. The van der Waals surface area contributed by atoms with E-state index in [4.69, 9.17) is 0 Å². The molecule has 0 bridgehead atoms. The number of nitrogens with zero attached hydrogens (tertiary/aromatic N) is 2. The summed E-state index contributed by atoms with van der Waals surface area (Å²) in [6.07, 6.45) is 0. The van der Waals surface area contributed by atoms with Gasteiger partial charge in [0.15, 0.2) is 5.75 Å². The van der Waals surface area contributed by atoms with Gasteiger partial charge < -0.3 is 15.5 Å². The minimum Gasteiger partial charge on any atom is -0.617 e. The molecule has 0 atom stereocenters. The molecule has 7 heteroatoms. The predicted molar refractivity (Wildman–Crippen MR) is 86.3 cm³/mol. The number of hydrogen-bond acceptors (Lipinski definition) is 3. The number of aromatic hydroxyl groups is 1. The van der Waals surface area contributed by atoms with Crippen molar-refractivity contribution in [2.45, 2.75) is 10.7 Å². The van der Waals surface area contributed by atoms with E-state index >= 15 is 0 Å². The monoisotopic (exact) mass is 412 g/mol. The van der Waals surface area contributed by atoms with Crippen LogP contribution >= 0.6 is 31.9 Å². The lowest BCUT2D eigenvalue weighted by Crippen LogP contribution is -2.39. The van der Waals surface area contributed by atoms with Crippen molar-refractivity contribution < 1.29 is 14.6 Å². The zero-order chi connectivity index (χ0) is 15.1. The van der Waals surface area contributed by atoms with E-state index in [1.54, 1.807) is 12.1 Å². The Bertz CT molecular complexity index is 868. The summed E-state index contributed by atoms with van der Waals surface area (Å²) in [6.45, 7) is 0. The first-order chi connectivity index (χ1) is 10.1. The Morgan fingerprint density at radius 2 is 1.48 bits per heavy atom. The lowest BCUT2D eigenvalue weighted by Gasteiger charge is -2.11. The van der Waals surface area contributed by atoms with E-state index in [1.807, 2.05) is 0 Å². The number of halogens is 2. The zero-order valence-electron chi connectivity index (χ0n) is 10.7. The van der Waals surface area contributed by atoms with Gasteiger partial charge in [-0.2, -0.15) is 9.46 Å². The van der Waals surface area contributed by atoms with Gasteiger partial charge in [-0.15, -0.1) is 0 Å². The van der Waals surface area contributed by atoms with Gasteiger partial charge in [-0.25, -0.2) is 0 Å². The van der Waals surface area contributed by atoms with Crippen molar-refractivity contribution in [2.24, 2.45) is 0 Å². The fraction of sp³-hybridized carbons (Fsp3) is 0.143. The van der Waals surface area contributed by atoms with E-state index in [2.05, 4.69) is 31.9 Å². The molecule has 0 spiro atoms. The molecule has 0 aliphatic carbocycles. The Balaban J connectivity index is 2.55. The molecule has 1 aromatic heterocycles. The highest BCUT2D eigenvalue weighted by atomic mass is 79.9. The lowest BCUT2D eigenvalue weighted by molar-refractivity contribution is -0.591. The van der Waals surface area contributed by atoms with Crippen LogP contribution in [-0.4, -0.2) is 5.11 Å². The molecule has 0 saturated carbocycles. The summed E-state index contributed by atoms with van der Waals surface area (Å²) in [6, 6.07) is 7.82. The third kappa shape index (κ3) is 2.11. The first-order valence-electron chi connectivity index (χ1n) is 6.12. The first-order valence-corrected chi connectivity index (χ1v) is 8.37. The van der Waals surface area contributed by atoms with E-state index in [9.17, 15) is 15.5 Å². The van der Waals surface area contributed by atoms with Gasteiger partial charge in [0, 0.05) is 28.9 Å². The van der Waals surface area contributed by atoms with Crippen LogP contribution in [0.25, 0.3) is 22.1 Å². The van der Waals surface area contributed by atoms with Crippen LogP contribution in [0.15, 0.2) is 30.3 Å². The van der Waals surface area contributed by atoms with Crippen LogP contribution in [0.1, 0.15) is 11.1 Å². The maximum Gasteiger partial charge on any atom is 0.332 e. The maximum atomic E-state index is 12.5. The normalized spacial score (nSPS) is 11.3. The van der Waals surface area contributed by atoms with Gasteiger partial charge in [0.05, 0.1) is 0 Å². The molecule has 21 heavy (non-hydrogen) atoms. The summed E-state index contributed by atoms with van der Waals surface area (Å²) >= 11 is 6.76. The van der Waals surface area contributed by atoms with Crippen molar-refractivity contribution in [1.29, 1.82) is 0 Å². The van der Waals surface area contributed by atoms with Crippen molar-refractivity contribution in [3.05, 3.63) is 51.9 Å². The van der Waals surface area contributed by atoms with E-state index < -0.39 is 0 Å². The Labute approximate surface area is 136 Å². The smallest absolute Gasteiger partial charge is 0.332 e. The molecular weight excluding hydrogens is 404 g/mol. The van der Waals surface area contributed by atoms with Crippen LogP contribution in [0, 0.1) is 10.4 Å². The number of aromatic nitrogens is 2. The fourth-order valence-electron chi connectivity index (χ4n) is 2.38. The third-order valence-corrected chi connectivity index (χ3v) is 4.65. The number of alkyl halides is 2. The van der Waals surface area contributed by atoms with E-state index in [0.29, 0.717) is 20.1 Å². The molecule has 0 aliphatic heterocycles. The van der Waals surface area contributed by atoms with Crippen molar-refractivity contribution in [2.75, 3.05) is 0 Å². The summed E-state index contributed by atoms with van der Waals surface area (Å²) < 4.78 is 1.29. The molecule has 3 rings (SSSR count). The van der Waals surface area contributed by atoms with Crippen molar-refractivity contribution >= 4 is 53.9 Å². The van der Waals surface area contributed by atoms with Crippen LogP contribution in [0.3, 0.4) is 0 Å². The van der Waals surface area contributed by atoms with E-state index in [-0.39, 0.29) is 27.8 Å². The number of hydrogen-bond donors (Lipinski definition) is 1. The Morgan fingerprint density at radius 3 is 2.05 bits per heavy atom. The van der Waals surface area contributed by atoms with Gasteiger partial charge >= 0.3 is 5.52 Å². The van der Waals surface area contributed by atoms with Crippen LogP contribution < -0.4 is 9.46 Å². The molecule has 0 amide bonds. The molecule has 108 valence electrons. The summed E-state index contributed by atoms with van der Waals surface area (Å²) in [5.74, 6) is -0.209. The van der Waals surface area contributed by atoms with Gasteiger partial charge in [-0.3, -0.25) is 0 Å². The molecule has 1 heterocycles. The van der Waals surface area contributed by atoms with Crippen molar-refractivity contribution in [3.63, 3.8) is 0 Å². The van der Waals surface area contributed by atoms with E-state index in [1.165, 1.54) is 18.2 Å². The Morgan fingerprint density at radius 1 is 0.905 bits per heavy atom. The predicted octanol–water partition coefficient (Wildman–Crippen LogP) is 2.76. The molecule has 5 nitrogen and oxygen atoms in total. The quantitative estimate of drug-likeness (QED) is 0.304. The maximum absolute atomic E-state index is 12.5. The molecule has 0 radical (unpaired) electrons. The van der Waals surface area contributed by atoms with Gasteiger partial charge in [0.25, 0.3) is 16.6 Å². The molecular formula is C14H10Br2N2O3. The van der Waals surface area contributed by atoms with Crippen LogP contribution in [0.2, 0.25) is 0 Å². The summed E-state index contributed by atoms with van der Waals surface area (Å²) in [5.41, 5.74) is 2.49. The second-order valence-electron chi connectivity index (χ2n) is 4.61. The fourth-order valence-corrected chi connectivity index (χ4v) is 3.42. The highest BCUT2D eigenvalue weighted by molar-refractivity contribution is 9.09. The topological polar surface area (TPSA) is 74.1 Å². The lowest BCUT2D eigenvalue weighted by atomic mass is 10.1. The largest absolute Gasteiger partial charge is 0.617 e.